The van der Waals surface area contributed by atoms with Gasteiger partial charge in [-0.2, -0.15) is 4.57 Å². The van der Waals surface area contributed by atoms with E-state index < -0.39 is 0 Å². The first-order valence-electron chi connectivity index (χ1n) is 8.84. The Morgan fingerprint density at radius 2 is 1.28 bits per heavy atom. The van der Waals surface area contributed by atoms with E-state index in [1.807, 2.05) is 0 Å². The van der Waals surface area contributed by atoms with E-state index in [0.717, 1.165) is 6.42 Å². The van der Waals surface area contributed by atoms with Gasteiger partial charge in [-0.3, -0.25) is 0 Å². The van der Waals surface area contributed by atoms with Crippen molar-refractivity contribution in [1.82, 2.24) is 0 Å². The van der Waals surface area contributed by atoms with Gasteiger partial charge < -0.3 is 0 Å². The molecule has 1 aromatic heterocycles. The average Bonchev–Trinajstić information content (AvgIpc) is 2.68. The molecule has 0 amide bonds. The van der Waals surface area contributed by atoms with Crippen LogP contribution < -0.4 is 4.57 Å². The maximum absolute atomic E-state index is 2.28. The Morgan fingerprint density at radius 3 is 1.84 bits per heavy atom. The highest BCUT2D eigenvalue weighted by Gasteiger charge is 2.15. The third kappa shape index (κ3) is 2.83. The second-order valence-electron chi connectivity index (χ2n) is 6.44. The lowest BCUT2D eigenvalue weighted by Gasteiger charge is -2.07. The number of nitrogens with zero attached hydrogens (tertiary/aromatic N) is 1. The van der Waals surface area contributed by atoms with Crippen molar-refractivity contribution < 1.29 is 4.57 Å². The Balaban J connectivity index is 1.92. The van der Waals surface area contributed by atoms with E-state index in [-0.39, 0.29) is 0 Å². The first kappa shape index (κ1) is 15.6. The van der Waals surface area contributed by atoms with Gasteiger partial charge in [0.05, 0.1) is 10.8 Å². The standard InChI is InChI=1S/C24H22N/c1-3-18-12-14-19(15-13-18)16-17-20-21-8-4-6-10-23(21)25(2)24-11-7-5-9-22(20)24/h4-17H,3H2,1-2H3/q+1/b17-16+. The molecule has 0 radical (unpaired) electrons. The molecule has 0 aliphatic carbocycles. The van der Waals surface area contributed by atoms with Crippen molar-refractivity contribution >= 4 is 34.0 Å². The van der Waals surface area contributed by atoms with E-state index in [4.69, 9.17) is 0 Å². The SMILES string of the molecule is CCc1ccc(/C=C/c2c3ccccc3[n+](C)c3ccccc23)cc1. The van der Waals surface area contributed by atoms with Gasteiger partial charge in [-0.15, -0.1) is 0 Å². The number of benzene rings is 3. The third-order valence-corrected chi connectivity index (χ3v) is 4.94. The van der Waals surface area contributed by atoms with Crippen LogP contribution in [-0.2, 0) is 13.5 Å². The van der Waals surface area contributed by atoms with Crippen LogP contribution in [0.3, 0.4) is 0 Å². The van der Waals surface area contributed by atoms with Crippen LogP contribution >= 0.6 is 0 Å². The Morgan fingerprint density at radius 1 is 0.720 bits per heavy atom. The molecule has 1 nitrogen and oxygen atoms in total. The minimum absolute atomic E-state index is 1.08. The zero-order valence-corrected chi connectivity index (χ0v) is 14.7. The highest BCUT2D eigenvalue weighted by molar-refractivity contribution is 6.01. The fourth-order valence-electron chi connectivity index (χ4n) is 3.49. The maximum atomic E-state index is 2.28. The first-order chi connectivity index (χ1) is 12.3. The molecule has 4 aromatic rings. The molecule has 1 heterocycles. The summed E-state index contributed by atoms with van der Waals surface area (Å²) in [5.41, 5.74) is 6.40. The smallest absolute Gasteiger partial charge is 0.194 e. The van der Waals surface area contributed by atoms with E-state index in [2.05, 4.69) is 103 Å². The fraction of sp³-hybridized carbons (Fsp3) is 0.125. The van der Waals surface area contributed by atoms with Crippen molar-refractivity contribution in [1.29, 1.82) is 0 Å². The summed E-state index contributed by atoms with van der Waals surface area (Å²) in [4.78, 5) is 0. The topological polar surface area (TPSA) is 3.88 Å². The second kappa shape index (κ2) is 6.52. The molecule has 0 spiro atoms. The fourth-order valence-corrected chi connectivity index (χ4v) is 3.49. The van der Waals surface area contributed by atoms with Crippen LogP contribution in [0, 0.1) is 0 Å². The molecule has 0 saturated carbocycles. The highest BCUT2D eigenvalue weighted by atomic mass is 14.9. The molecule has 122 valence electrons. The van der Waals surface area contributed by atoms with Crippen LogP contribution in [0.5, 0.6) is 0 Å². The third-order valence-electron chi connectivity index (χ3n) is 4.94. The van der Waals surface area contributed by atoms with E-state index in [1.165, 1.54) is 38.5 Å². The van der Waals surface area contributed by atoms with Gasteiger partial charge in [-0.05, 0) is 29.7 Å². The molecule has 0 bridgehead atoms. The number of para-hydroxylation sites is 2. The van der Waals surface area contributed by atoms with E-state index >= 15 is 0 Å². The van der Waals surface area contributed by atoms with Crippen molar-refractivity contribution in [3.63, 3.8) is 0 Å². The summed E-state index contributed by atoms with van der Waals surface area (Å²) in [5.74, 6) is 0. The Labute approximate surface area is 148 Å². The summed E-state index contributed by atoms with van der Waals surface area (Å²) in [6, 6.07) is 26.1. The number of hydrogen-bond donors (Lipinski definition) is 0. The molecular weight excluding hydrogens is 302 g/mol. The number of aryl methyl sites for hydroxylation is 2. The molecule has 0 fully saturated rings. The minimum Gasteiger partial charge on any atom is -0.194 e. The van der Waals surface area contributed by atoms with Gasteiger partial charge >= 0.3 is 0 Å². The zero-order valence-electron chi connectivity index (χ0n) is 14.7. The molecule has 0 N–H and O–H groups in total. The lowest BCUT2D eigenvalue weighted by Crippen LogP contribution is -2.30. The van der Waals surface area contributed by atoms with Crippen LogP contribution in [0.4, 0.5) is 0 Å². The van der Waals surface area contributed by atoms with Crippen molar-refractivity contribution in [2.45, 2.75) is 13.3 Å². The van der Waals surface area contributed by atoms with Crippen molar-refractivity contribution in [3.05, 3.63) is 89.5 Å². The van der Waals surface area contributed by atoms with Gasteiger partial charge in [-0.25, -0.2) is 0 Å². The van der Waals surface area contributed by atoms with Crippen LogP contribution in [0.1, 0.15) is 23.6 Å². The van der Waals surface area contributed by atoms with Gasteiger partial charge in [0.15, 0.2) is 0 Å². The van der Waals surface area contributed by atoms with E-state index in [0.29, 0.717) is 0 Å². The molecule has 0 aliphatic rings. The van der Waals surface area contributed by atoms with Crippen molar-refractivity contribution in [2.75, 3.05) is 0 Å². The maximum Gasteiger partial charge on any atom is 0.213 e. The summed E-state index contributed by atoms with van der Waals surface area (Å²) in [6.45, 7) is 2.19. The zero-order chi connectivity index (χ0) is 17.2. The minimum atomic E-state index is 1.08. The number of aromatic nitrogens is 1. The van der Waals surface area contributed by atoms with Crippen LogP contribution in [-0.4, -0.2) is 0 Å². The summed E-state index contributed by atoms with van der Waals surface area (Å²) in [6.07, 6.45) is 5.55. The van der Waals surface area contributed by atoms with Gasteiger partial charge in [0.25, 0.3) is 0 Å². The Hall–Kier alpha value is -2.93. The van der Waals surface area contributed by atoms with Crippen molar-refractivity contribution in [3.8, 4) is 0 Å². The Bertz CT molecular complexity index is 1020. The second-order valence-corrected chi connectivity index (χ2v) is 6.44. The lowest BCUT2D eigenvalue weighted by atomic mass is 10.0. The molecule has 1 heteroatoms. The quantitative estimate of drug-likeness (QED) is 0.343. The monoisotopic (exact) mass is 324 g/mol. The lowest BCUT2D eigenvalue weighted by molar-refractivity contribution is -0.617. The molecule has 3 aromatic carbocycles. The van der Waals surface area contributed by atoms with E-state index in [9.17, 15) is 0 Å². The molecule has 25 heavy (non-hydrogen) atoms. The molecule has 0 atom stereocenters. The van der Waals surface area contributed by atoms with Crippen LogP contribution in [0.2, 0.25) is 0 Å². The normalized spacial score (nSPS) is 11.6. The summed E-state index contributed by atoms with van der Waals surface area (Å²) < 4.78 is 2.28. The predicted molar refractivity (Wildman–Crippen MR) is 107 cm³/mol. The van der Waals surface area contributed by atoms with Gasteiger partial charge in [0, 0.05) is 17.7 Å². The summed E-state index contributed by atoms with van der Waals surface area (Å²) in [5, 5.41) is 2.57. The number of pyridine rings is 1. The van der Waals surface area contributed by atoms with Gasteiger partial charge in [0.2, 0.25) is 11.0 Å². The first-order valence-corrected chi connectivity index (χ1v) is 8.84. The summed E-state index contributed by atoms with van der Waals surface area (Å²) >= 11 is 0. The molecule has 0 aliphatic heterocycles. The Kier molecular flexibility index (Phi) is 4.07. The highest BCUT2D eigenvalue weighted by Crippen LogP contribution is 2.26. The largest absolute Gasteiger partial charge is 0.213 e. The predicted octanol–water partition coefficient (Wildman–Crippen LogP) is 5.55. The molecular formula is C24H22N+. The number of hydrogen-bond acceptors (Lipinski definition) is 0. The van der Waals surface area contributed by atoms with Gasteiger partial charge in [-0.1, -0.05) is 67.6 Å². The van der Waals surface area contributed by atoms with Gasteiger partial charge in [0.1, 0.15) is 7.05 Å². The number of fused-ring (bicyclic) bond motifs is 2. The average molecular weight is 324 g/mol. The molecule has 4 rings (SSSR count). The summed E-state index contributed by atoms with van der Waals surface area (Å²) in [7, 11) is 2.14. The molecule has 0 saturated heterocycles. The van der Waals surface area contributed by atoms with Crippen molar-refractivity contribution in [2.24, 2.45) is 7.05 Å². The number of rotatable bonds is 3. The van der Waals surface area contributed by atoms with Crippen LogP contribution in [0.15, 0.2) is 72.8 Å². The van der Waals surface area contributed by atoms with Crippen LogP contribution in [0.25, 0.3) is 34.0 Å². The molecule has 0 unspecified atom stereocenters. The van der Waals surface area contributed by atoms with E-state index in [1.54, 1.807) is 0 Å².